The zero-order valence-electron chi connectivity index (χ0n) is 11.4. The summed E-state index contributed by atoms with van der Waals surface area (Å²) in [6.45, 7) is 0.434. The topological polar surface area (TPSA) is 43.1 Å². The predicted octanol–water partition coefficient (Wildman–Crippen LogP) is 3.12. The van der Waals surface area contributed by atoms with Crippen molar-refractivity contribution >= 4 is 5.78 Å². The number of Topliss-reactive ketones (excluding diaryl/α,β-unsaturated/α-hetero) is 1. The summed E-state index contributed by atoms with van der Waals surface area (Å²) in [4.78, 5) is 12.5. The van der Waals surface area contributed by atoms with Crippen molar-refractivity contribution in [1.82, 2.24) is 0 Å². The van der Waals surface area contributed by atoms with Crippen molar-refractivity contribution in [2.24, 2.45) is 23.5 Å². The lowest BCUT2D eigenvalue weighted by Crippen LogP contribution is -2.25. The van der Waals surface area contributed by atoms with E-state index in [4.69, 9.17) is 5.73 Å². The molecule has 4 atom stereocenters. The van der Waals surface area contributed by atoms with Gasteiger partial charge in [0.2, 0.25) is 0 Å². The Hall–Kier alpha value is -1.15. The van der Waals surface area contributed by atoms with Crippen molar-refractivity contribution in [2.45, 2.75) is 38.0 Å². The van der Waals surface area contributed by atoms with Gasteiger partial charge in [0, 0.05) is 13.0 Å². The second kappa shape index (κ2) is 5.46. The third kappa shape index (κ3) is 2.59. The molecule has 4 unspecified atom stereocenters. The van der Waals surface area contributed by atoms with Crippen molar-refractivity contribution in [3.8, 4) is 0 Å². The fourth-order valence-corrected chi connectivity index (χ4v) is 4.17. The van der Waals surface area contributed by atoms with E-state index >= 15 is 0 Å². The second-order valence-electron chi connectivity index (χ2n) is 6.30. The Morgan fingerprint density at radius 3 is 2.58 bits per heavy atom. The van der Waals surface area contributed by atoms with Crippen molar-refractivity contribution in [1.29, 1.82) is 0 Å². The molecule has 3 rings (SSSR count). The first-order chi connectivity index (χ1) is 9.28. The third-order valence-corrected chi connectivity index (χ3v) is 5.17. The van der Waals surface area contributed by atoms with Gasteiger partial charge in [0.1, 0.15) is 5.78 Å². The second-order valence-corrected chi connectivity index (χ2v) is 6.30. The van der Waals surface area contributed by atoms with Crippen LogP contribution in [0.1, 0.15) is 43.6 Å². The van der Waals surface area contributed by atoms with Gasteiger partial charge in [0.05, 0.1) is 5.92 Å². The lowest BCUT2D eigenvalue weighted by atomic mass is 9.81. The van der Waals surface area contributed by atoms with E-state index in [0.29, 0.717) is 18.2 Å². The van der Waals surface area contributed by atoms with Gasteiger partial charge in [0.25, 0.3) is 0 Å². The minimum atomic E-state index is -0.0969. The zero-order valence-corrected chi connectivity index (χ0v) is 11.4. The molecule has 2 saturated carbocycles. The standard InChI is InChI=1S/C17H23NO/c18-11-16(13-4-2-1-3-5-13)17(19)10-15-9-12-6-7-14(15)8-12/h1-5,12,14-16H,6-11,18H2. The van der Waals surface area contributed by atoms with Gasteiger partial charge in [-0.05, 0) is 42.6 Å². The molecule has 0 amide bonds. The number of hydrogen-bond donors (Lipinski definition) is 1. The minimum absolute atomic E-state index is 0.0969. The smallest absolute Gasteiger partial charge is 0.141 e. The van der Waals surface area contributed by atoms with Gasteiger partial charge in [-0.3, -0.25) is 4.79 Å². The van der Waals surface area contributed by atoms with E-state index in [1.807, 2.05) is 30.3 Å². The number of nitrogens with two attached hydrogens (primary N) is 1. The maximum absolute atomic E-state index is 12.5. The first-order valence-electron chi connectivity index (χ1n) is 7.55. The van der Waals surface area contributed by atoms with Crippen LogP contribution in [0.3, 0.4) is 0 Å². The highest BCUT2D eigenvalue weighted by atomic mass is 16.1. The summed E-state index contributed by atoms with van der Waals surface area (Å²) in [5.74, 6) is 2.63. The van der Waals surface area contributed by atoms with Crippen LogP contribution in [0.25, 0.3) is 0 Å². The summed E-state index contributed by atoms with van der Waals surface area (Å²) in [5, 5.41) is 0. The quantitative estimate of drug-likeness (QED) is 0.880. The first kappa shape index (κ1) is 12.9. The summed E-state index contributed by atoms with van der Waals surface area (Å²) < 4.78 is 0. The van der Waals surface area contributed by atoms with Crippen molar-refractivity contribution < 1.29 is 4.79 Å². The Balaban J connectivity index is 1.65. The van der Waals surface area contributed by atoms with E-state index in [0.717, 1.165) is 23.8 Å². The zero-order chi connectivity index (χ0) is 13.2. The lowest BCUT2D eigenvalue weighted by Gasteiger charge is -2.23. The monoisotopic (exact) mass is 257 g/mol. The van der Waals surface area contributed by atoms with Crippen LogP contribution in [-0.2, 0) is 4.79 Å². The molecule has 0 radical (unpaired) electrons. The molecule has 0 saturated heterocycles. The van der Waals surface area contributed by atoms with Gasteiger partial charge in [-0.25, -0.2) is 0 Å². The maximum Gasteiger partial charge on any atom is 0.141 e. The molecule has 2 fully saturated rings. The molecule has 19 heavy (non-hydrogen) atoms. The first-order valence-corrected chi connectivity index (χ1v) is 7.55. The Kier molecular flexibility index (Phi) is 3.69. The molecule has 2 heteroatoms. The highest BCUT2D eigenvalue weighted by Crippen LogP contribution is 2.49. The fraction of sp³-hybridized carbons (Fsp3) is 0.588. The molecule has 0 spiro atoms. The van der Waals surface area contributed by atoms with E-state index in [-0.39, 0.29) is 5.92 Å². The van der Waals surface area contributed by atoms with Crippen LogP contribution in [0.15, 0.2) is 30.3 Å². The number of ketones is 1. The molecule has 2 aliphatic rings. The molecule has 0 aliphatic heterocycles. The van der Waals surface area contributed by atoms with Gasteiger partial charge in [-0.1, -0.05) is 36.8 Å². The fourth-order valence-electron chi connectivity index (χ4n) is 4.17. The molecular weight excluding hydrogens is 234 g/mol. The van der Waals surface area contributed by atoms with E-state index < -0.39 is 0 Å². The van der Waals surface area contributed by atoms with Crippen molar-refractivity contribution in [3.63, 3.8) is 0 Å². The number of benzene rings is 1. The molecule has 1 aromatic carbocycles. The molecule has 102 valence electrons. The van der Waals surface area contributed by atoms with Gasteiger partial charge in [0.15, 0.2) is 0 Å². The van der Waals surface area contributed by atoms with Crippen LogP contribution in [0.5, 0.6) is 0 Å². The van der Waals surface area contributed by atoms with Gasteiger partial charge in [-0.2, -0.15) is 0 Å². The van der Waals surface area contributed by atoms with Crippen molar-refractivity contribution in [3.05, 3.63) is 35.9 Å². The van der Waals surface area contributed by atoms with Gasteiger partial charge >= 0.3 is 0 Å². The molecule has 0 heterocycles. The summed E-state index contributed by atoms with van der Waals surface area (Å²) >= 11 is 0. The molecular formula is C17H23NO. The molecule has 2 aliphatic carbocycles. The summed E-state index contributed by atoms with van der Waals surface area (Å²) in [7, 11) is 0. The largest absolute Gasteiger partial charge is 0.329 e. The van der Waals surface area contributed by atoms with Crippen LogP contribution in [0.2, 0.25) is 0 Å². The summed E-state index contributed by atoms with van der Waals surface area (Å²) in [6, 6.07) is 10.0. The van der Waals surface area contributed by atoms with Crippen LogP contribution in [-0.4, -0.2) is 12.3 Å². The highest BCUT2D eigenvalue weighted by Gasteiger charge is 2.40. The Morgan fingerprint density at radius 1 is 1.21 bits per heavy atom. The number of carbonyl (C=O) groups excluding carboxylic acids is 1. The van der Waals surface area contributed by atoms with Crippen LogP contribution in [0.4, 0.5) is 0 Å². The highest BCUT2D eigenvalue weighted by molar-refractivity contribution is 5.86. The number of rotatable bonds is 5. The third-order valence-electron chi connectivity index (χ3n) is 5.17. The maximum atomic E-state index is 12.5. The predicted molar refractivity (Wildman–Crippen MR) is 76.8 cm³/mol. The SMILES string of the molecule is NCC(C(=O)CC1CC2CCC1C2)c1ccccc1. The van der Waals surface area contributed by atoms with Gasteiger partial charge in [-0.15, -0.1) is 0 Å². The molecule has 1 aromatic rings. The number of hydrogen-bond acceptors (Lipinski definition) is 2. The van der Waals surface area contributed by atoms with E-state index in [2.05, 4.69) is 0 Å². The molecule has 2 N–H and O–H groups in total. The lowest BCUT2D eigenvalue weighted by molar-refractivity contribution is -0.121. The van der Waals surface area contributed by atoms with E-state index in [1.165, 1.54) is 25.7 Å². The molecule has 0 aromatic heterocycles. The van der Waals surface area contributed by atoms with Crippen LogP contribution >= 0.6 is 0 Å². The minimum Gasteiger partial charge on any atom is -0.329 e. The van der Waals surface area contributed by atoms with E-state index in [9.17, 15) is 4.79 Å². The average molecular weight is 257 g/mol. The molecule has 2 nitrogen and oxygen atoms in total. The Bertz CT molecular complexity index is 442. The summed E-state index contributed by atoms with van der Waals surface area (Å²) in [5.41, 5.74) is 6.92. The molecule has 2 bridgehead atoms. The number of fused-ring (bicyclic) bond motifs is 2. The Labute approximate surface area is 115 Å². The van der Waals surface area contributed by atoms with Crippen LogP contribution < -0.4 is 5.73 Å². The van der Waals surface area contributed by atoms with E-state index in [1.54, 1.807) is 0 Å². The van der Waals surface area contributed by atoms with Crippen molar-refractivity contribution in [2.75, 3.05) is 6.54 Å². The van der Waals surface area contributed by atoms with Crippen LogP contribution in [0, 0.1) is 17.8 Å². The summed E-state index contributed by atoms with van der Waals surface area (Å²) in [6.07, 6.45) is 6.15. The normalized spacial score (nSPS) is 30.5. The van der Waals surface area contributed by atoms with Gasteiger partial charge < -0.3 is 5.73 Å². The Morgan fingerprint density at radius 2 is 2.00 bits per heavy atom. The average Bonchev–Trinajstić information content (AvgIpc) is 3.03. The number of carbonyl (C=O) groups is 1.